The number of phenolic OH excluding ortho intramolecular Hbond substituents is 1. The largest absolute Gasteiger partial charge is 0.504 e. The second-order valence-corrected chi connectivity index (χ2v) is 4.43. The first-order valence-corrected chi connectivity index (χ1v) is 6.36. The highest BCUT2D eigenvalue weighted by molar-refractivity contribution is 5.67. The van der Waals surface area contributed by atoms with Crippen molar-refractivity contribution in [3.8, 4) is 11.5 Å². The zero-order valence-electron chi connectivity index (χ0n) is 11.0. The standard InChI is InChI=1S/C16H16O4/c17-15(18)10-9-13-7-4-8-14(16(13)19)20-11-12-5-2-1-3-6-12/h1-8,19H,9-11H2,(H,17,18). The number of benzene rings is 2. The van der Waals surface area contributed by atoms with Gasteiger partial charge in [-0.25, -0.2) is 0 Å². The first-order chi connectivity index (χ1) is 9.66. The van der Waals surface area contributed by atoms with E-state index in [1.54, 1.807) is 18.2 Å². The fourth-order valence-electron chi connectivity index (χ4n) is 1.86. The van der Waals surface area contributed by atoms with E-state index in [4.69, 9.17) is 9.84 Å². The van der Waals surface area contributed by atoms with E-state index in [9.17, 15) is 9.90 Å². The molecule has 2 N–H and O–H groups in total. The van der Waals surface area contributed by atoms with Crippen molar-refractivity contribution in [1.29, 1.82) is 0 Å². The molecule has 0 amide bonds. The summed E-state index contributed by atoms with van der Waals surface area (Å²) in [4.78, 5) is 10.6. The summed E-state index contributed by atoms with van der Waals surface area (Å²) in [6, 6.07) is 14.8. The van der Waals surface area contributed by atoms with E-state index in [1.165, 1.54) is 0 Å². The summed E-state index contributed by atoms with van der Waals surface area (Å²) >= 11 is 0. The van der Waals surface area contributed by atoms with Gasteiger partial charge in [0.05, 0.1) is 0 Å². The lowest BCUT2D eigenvalue weighted by molar-refractivity contribution is -0.136. The lowest BCUT2D eigenvalue weighted by Gasteiger charge is -2.11. The van der Waals surface area contributed by atoms with Gasteiger partial charge < -0.3 is 14.9 Å². The molecular formula is C16H16O4. The zero-order chi connectivity index (χ0) is 14.4. The molecule has 0 bridgehead atoms. The van der Waals surface area contributed by atoms with Crippen molar-refractivity contribution in [3.05, 3.63) is 59.7 Å². The monoisotopic (exact) mass is 272 g/mol. The van der Waals surface area contributed by atoms with E-state index in [0.717, 1.165) is 5.56 Å². The molecule has 4 heteroatoms. The second-order valence-electron chi connectivity index (χ2n) is 4.43. The van der Waals surface area contributed by atoms with Gasteiger partial charge in [0, 0.05) is 6.42 Å². The number of aliphatic carboxylic acids is 1. The second kappa shape index (κ2) is 6.61. The molecule has 0 aromatic heterocycles. The van der Waals surface area contributed by atoms with Crippen molar-refractivity contribution < 1.29 is 19.7 Å². The maximum absolute atomic E-state index is 10.6. The number of aryl methyl sites for hydroxylation is 1. The topological polar surface area (TPSA) is 66.8 Å². The Bertz CT molecular complexity index is 578. The predicted molar refractivity (Wildman–Crippen MR) is 74.8 cm³/mol. The molecule has 2 aromatic carbocycles. The number of carbonyl (C=O) groups is 1. The Hall–Kier alpha value is -2.49. The van der Waals surface area contributed by atoms with Crippen LogP contribution in [0.1, 0.15) is 17.5 Å². The van der Waals surface area contributed by atoms with E-state index < -0.39 is 5.97 Å². The molecule has 20 heavy (non-hydrogen) atoms. The first kappa shape index (κ1) is 13.9. The van der Waals surface area contributed by atoms with Crippen LogP contribution in [-0.4, -0.2) is 16.2 Å². The number of phenols is 1. The third kappa shape index (κ3) is 3.75. The summed E-state index contributed by atoms with van der Waals surface area (Å²) in [7, 11) is 0. The highest BCUT2D eigenvalue weighted by Gasteiger charge is 2.09. The summed E-state index contributed by atoms with van der Waals surface area (Å²) < 4.78 is 5.57. The van der Waals surface area contributed by atoms with Crippen LogP contribution in [0.5, 0.6) is 11.5 Å². The van der Waals surface area contributed by atoms with Crippen LogP contribution in [-0.2, 0) is 17.8 Å². The molecule has 0 heterocycles. The molecular weight excluding hydrogens is 256 g/mol. The van der Waals surface area contributed by atoms with Crippen molar-refractivity contribution in [2.45, 2.75) is 19.4 Å². The van der Waals surface area contributed by atoms with Crippen LogP contribution in [0.2, 0.25) is 0 Å². The van der Waals surface area contributed by atoms with Crippen molar-refractivity contribution >= 4 is 5.97 Å². The molecule has 0 saturated heterocycles. The zero-order valence-corrected chi connectivity index (χ0v) is 11.0. The molecule has 0 aliphatic carbocycles. The molecule has 0 aliphatic heterocycles. The third-order valence-electron chi connectivity index (χ3n) is 2.93. The average Bonchev–Trinajstić information content (AvgIpc) is 2.46. The fourth-order valence-corrected chi connectivity index (χ4v) is 1.86. The number of carboxylic acids is 1. The minimum atomic E-state index is -0.889. The highest BCUT2D eigenvalue weighted by atomic mass is 16.5. The molecule has 2 rings (SSSR count). The van der Waals surface area contributed by atoms with Crippen LogP contribution in [0.3, 0.4) is 0 Å². The fraction of sp³-hybridized carbons (Fsp3) is 0.188. The van der Waals surface area contributed by atoms with Gasteiger partial charge in [-0.05, 0) is 23.6 Å². The predicted octanol–water partition coefficient (Wildman–Crippen LogP) is 2.99. The van der Waals surface area contributed by atoms with Gasteiger partial charge in [0.2, 0.25) is 0 Å². The summed E-state index contributed by atoms with van der Waals surface area (Å²) in [5.41, 5.74) is 1.58. The Morgan fingerprint density at radius 1 is 1.05 bits per heavy atom. The summed E-state index contributed by atoms with van der Waals surface area (Å²) in [5.74, 6) is -0.499. The van der Waals surface area contributed by atoms with Crippen LogP contribution in [0.15, 0.2) is 48.5 Å². The Labute approximate surface area is 117 Å². The normalized spacial score (nSPS) is 10.2. The quantitative estimate of drug-likeness (QED) is 0.848. The number of ether oxygens (including phenoxy) is 1. The molecule has 0 atom stereocenters. The van der Waals surface area contributed by atoms with Crippen molar-refractivity contribution in [2.75, 3.05) is 0 Å². The van der Waals surface area contributed by atoms with E-state index in [0.29, 0.717) is 17.9 Å². The van der Waals surface area contributed by atoms with Gasteiger partial charge >= 0.3 is 5.97 Å². The number of rotatable bonds is 6. The van der Waals surface area contributed by atoms with Crippen molar-refractivity contribution in [1.82, 2.24) is 0 Å². The van der Waals surface area contributed by atoms with Gasteiger partial charge in [-0.2, -0.15) is 0 Å². The number of hydrogen-bond acceptors (Lipinski definition) is 3. The highest BCUT2D eigenvalue weighted by Crippen LogP contribution is 2.31. The van der Waals surface area contributed by atoms with E-state index >= 15 is 0 Å². The van der Waals surface area contributed by atoms with Gasteiger partial charge in [-0.1, -0.05) is 42.5 Å². The van der Waals surface area contributed by atoms with Crippen molar-refractivity contribution in [2.24, 2.45) is 0 Å². The van der Waals surface area contributed by atoms with Crippen LogP contribution in [0.4, 0.5) is 0 Å². The van der Waals surface area contributed by atoms with Gasteiger partial charge in [-0.15, -0.1) is 0 Å². The Morgan fingerprint density at radius 3 is 2.50 bits per heavy atom. The summed E-state index contributed by atoms with van der Waals surface area (Å²) in [6.45, 7) is 0.358. The van der Waals surface area contributed by atoms with Gasteiger partial charge in [0.1, 0.15) is 6.61 Å². The average molecular weight is 272 g/mol. The minimum absolute atomic E-state index is 0.0182. The molecule has 0 radical (unpaired) electrons. The number of carboxylic acid groups (broad SMARTS) is 1. The number of para-hydroxylation sites is 1. The number of aromatic hydroxyl groups is 1. The van der Waals surface area contributed by atoms with Crippen molar-refractivity contribution in [3.63, 3.8) is 0 Å². The van der Waals surface area contributed by atoms with E-state index in [1.807, 2.05) is 30.3 Å². The van der Waals surface area contributed by atoms with E-state index in [2.05, 4.69) is 0 Å². The molecule has 0 fully saturated rings. The molecule has 0 spiro atoms. The molecule has 0 unspecified atom stereocenters. The molecule has 0 aliphatic rings. The lowest BCUT2D eigenvalue weighted by atomic mass is 10.1. The van der Waals surface area contributed by atoms with Crippen LogP contribution in [0, 0.1) is 0 Å². The molecule has 2 aromatic rings. The summed E-state index contributed by atoms with van der Waals surface area (Å²) in [6.07, 6.45) is 0.263. The van der Waals surface area contributed by atoms with Gasteiger partial charge in [-0.3, -0.25) is 4.79 Å². The smallest absolute Gasteiger partial charge is 0.303 e. The van der Waals surface area contributed by atoms with E-state index in [-0.39, 0.29) is 18.6 Å². The lowest BCUT2D eigenvalue weighted by Crippen LogP contribution is -1.99. The maximum atomic E-state index is 10.6. The van der Waals surface area contributed by atoms with Gasteiger partial charge in [0.15, 0.2) is 11.5 Å². The van der Waals surface area contributed by atoms with Crippen LogP contribution in [0.25, 0.3) is 0 Å². The third-order valence-corrected chi connectivity index (χ3v) is 2.93. The SMILES string of the molecule is O=C(O)CCc1cccc(OCc2ccccc2)c1O. The minimum Gasteiger partial charge on any atom is -0.504 e. The first-order valence-electron chi connectivity index (χ1n) is 6.36. The summed E-state index contributed by atoms with van der Waals surface area (Å²) in [5, 5.41) is 18.7. The Balaban J connectivity index is 2.04. The van der Waals surface area contributed by atoms with Crippen LogP contribution >= 0.6 is 0 Å². The Kier molecular flexibility index (Phi) is 4.60. The molecule has 4 nitrogen and oxygen atoms in total. The van der Waals surface area contributed by atoms with Gasteiger partial charge in [0.25, 0.3) is 0 Å². The molecule has 0 saturated carbocycles. The molecule has 104 valence electrons. The van der Waals surface area contributed by atoms with Crippen LogP contribution < -0.4 is 4.74 Å². The maximum Gasteiger partial charge on any atom is 0.303 e. The number of hydrogen-bond donors (Lipinski definition) is 2. The Morgan fingerprint density at radius 2 is 1.80 bits per heavy atom.